The number of anilines is 1. The molecule has 0 aliphatic carbocycles. The van der Waals surface area contributed by atoms with Gasteiger partial charge in [-0.25, -0.2) is 26.4 Å². The van der Waals surface area contributed by atoms with Crippen molar-refractivity contribution in [2.75, 3.05) is 4.72 Å². The number of nitrogens with two attached hydrogens (primary N) is 1. The van der Waals surface area contributed by atoms with E-state index in [0.717, 1.165) is 30.6 Å². The number of rotatable bonds is 4. The first-order valence-electron chi connectivity index (χ1n) is 5.45. The number of halogens is 1. The molecule has 0 bridgehead atoms. The summed E-state index contributed by atoms with van der Waals surface area (Å²) in [5, 5.41) is 4.93. The van der Waals surface area contributed by atoms with Crippen molar-refractivity contribution in [3.63, 3.8) is 0 Å². The average Bonchev–Trinajstić information content (AvgIpc) is 2.38. The third-order valence-electron chi connectivity index (χ3n) is 2.43. The van der Waals surface area contributed by atoms with Gasteiger partial charge in [0.2, 0.25) is 10.0 Å². The van der Waals surface area contributed by atoms with E-state index in [4.69, 9.17) is 5.14 Å². The number of nitrogens with one attached hydrogen (secondary N) is 1. The van der Waals surface area contributed by atoms with Crippen molar-refractivity contribution in [3.8, 4) is 0 Å². The van der Waals surface area contributed by atoms with Gasteiger partial charge in [0.25, 0.3) is 10.0 Å². The van der Waals surface area contributed by atoms with Crippen molar-refractivity contribution < 1.29 is 21.2 Å². The summed E-state index contributed by atoms with van der Waals surface area (Å²) in [7, 11) is -7.88. The fraction of sp³-hybridized carbons (Fsp3) is 0. The molecule has 1 aromatic carbocycles. The normalized spacial score (nSPS) is 12.1. The summed E-state index contributed by atoms with van der Waals surface area (Å²) >= 11 is 0. The van der Waals surface area contributed by atoms with Gasteiger partial charge in [0.05, 0.1) is 11.1 Å². The lowest BCUT2D eigenvalue weighted by Crippen LogP contribution is -2.14. The average molecular weight is 331 g/mol. The van der Waals surface area contributed by atoms with Crippen LogP contribution in [0, 0.1) is 5.82 Å². The van der Waals surface area contributed by atoms with E-state index >= 15 is 0 Å². The Kier molecular flexibility index (Phi) is 3.94. The van der Waals surface area contributed by atoms with Crippen LogP contribution in [0.15, 0.2) is 52.5 Å². The Morgan fingerprint density at radius 3 is 2.14 bits per heavy atom. The van der Waals surface area contributed by atoms with E-state index in [-0.39, 0.29) is 15.5 Å². The Balaban J connectivity index is 2.29. The number of benzene rings is 1. The summed E-state index contributed by atoms with van der Waals surface area (Å²) in [5.74, 6) is -0.789. The quantitative estimate of drug-likeness (QED) is 0.853. The maximum Gasteiger partial charge on any atom is 0.263 e. The van der Waals surface area contributed by atoms with Gasteiger partial charge in [0.1, 0.15) is 10.7 Å². The zero-order valence-corrected chi connectivity index (χ0v) is 12.0. The van der Waals surface area contributed by atoms with E-state index in [1.165, 1.54) is 12.1 Å². The molecule has 2 rings (SSSR count). The zero-order chi connectivity index (χ0) is 15.7. The first-order chi connectivity index (χ1) is 9.68. The lowest BCUT2D eigenvalue weighted by atomic mass is 10.3. The van der Waals surface area contributed by atoms with Gasteiger partial charge in [-0.15, -0.1) is 0 Å². The van der Waals surface area contributed by atoms with E-state index in [1.807, 2.05) is 0 Å². The number of aromatic nitrogens is 1. The summed E-state index contributed by atoms with van der Waals surface area (Å²) in [6.07, 6.45) is 1.87. The Morgan fingerprint density at radius 1 is 1.00 bits per heavy atom. The number of hydrogen-bond donors (Lipinski definition) is 2. The Hall–Kier alpha value is -2.04. The highest BCUT2D eigenvalue weighted by Gasteiger charge is 2.16. The van der Waals surface area contributed by atoms with Crippen LogP contribution >= 0.6 is 0 Å². The monoisotopic (exact) mass is 331 g/mol. The third-order valence-corrected chi connectivity index (χ3v) is 4.70. The molecule has 1 heterocycles. The standard InChI is InChI=1S/C11H10FN3O4S2/c12-8-5-11(7-14-6-8)21(18,19)15-9-1-3-10(4-2-9)20(13,16)17/h1-7,15H,(H2,13,16,17). The maximum atomic E-state index is 13.0. The summed E-state index contributed by atoms with van der Waals surface area (Å²) in [6.45, 7) is 0. The first kappa shape index (κ1) is 15.4. The Morgan fingerprint density at radius 2 is 1.62 bits per heavy atom. The third kappa shape index (κ3) is 3.74. The van der Waals surface area contributed by atoms with Crippen molar-refractivity contribution in [2.45, 2.75) is 9.79 Å². The number of primary sulfonamides is 1. The molecule has 0 aliphatic rings. The number of nitrogens with zero attached hydrogens (tertiary/aromatic N) is 1. The molecule has 1 aromatic heterocycles. The van der Waals surface area contributed by atoms with E-state index in [0.29, 0.717) is 0 Å². The highest BCUT2D eigenvalue weighted by molar-refractivity contribution is 7.92. The number of pyridine rings is 1. The molecule has 2 aromatic rings. The van der Waals surface area contributed by atoms with E-state index < -0.39 is 25.9 Å². The van der Waals surface area contributed by atoms with Crippen LogP contribution in [0.2, 0.25) is 0 Å². The fourth-order valence-corrected chi connectivity index (χ4v) is 3.01. The molecule has 3 N–H and O–H groups in total. The Labute approximate surface area is 120 Å². The summed E-state index contributed by atoms with van der Waals surface area (Å²) in [5.41, 5.74) is 0.103. The highest BCUT2D eigenvalue weighted by Crippen LogP contribution is 2.17. The van der Waals surface area contributed by atoms with Gasteiger partial charge in [0, 0.05) is 11.9 Å². The van der Waals surface area contributed by atoms with E-state index in [2.05, 4.69) is 9.71 Å². The lowest BCUT2D eigenvalue weighted by Gasteiger charge is -2.08. The molecule has 0 saturated heterocycles. The van der Waals surface area contributed by atoms with Crippen LogP contribution in [0.3, 0.4) is 0 Å². The fourth-order valence-electron chi connectivity index (χ4n) is 1.47. The van der Waals surface area contributed by atoms with Crippen LogP contribution in [-0.4, -0.2) is 21.8 Å². The minimum atomic E-state index is -4.02. The summed E-state index contributed by atoms with van der Waals surface area (Å²) in [6, 6.07) is 5.57. The van der Waals surface area contributed by atoms with Crippen LogP contribution in [0.25, 0.3) is 0 Å². The molecule has 10 heteroatoms. The molecule has 0 aliphatic heterocycles. The second-order valence-electron chi connectivity index (χ2n) is 4.01. The molecule has 0 radical (unpaired) electrons. The van der Waals surface area contributed by atoms with Gasteiger partial charge < -0.3 is 0 Å². The molecular formula is C11H10FN3O4S2. The second-order valence-corrected chi connectivity index (χ2v) is 7.26. The van der Waals surface area contributed by atoms with Gasteiger partial charge >= 0.3 is 0 Å². The van der Waals surface area contributed by atoms with Crippen LogP contribution in [0.5, 0.6) is 0 Å². The predicted octanol–water partition coefficient (Wildman–Crippen LogP) is 0.669. The molecule has 21 heavy (non-hydrogen) atoms. The summed E-state index contributed by atoms with van der Waals surface area (Å²) < 4.78 is 61.3. The van der Waals surface area contributed by atoms with Crippen LogP contribution in [0.4, 0.5) is 10.1 Å². The number of sulfonamides is 2. The zero-order valence-electron chi connectivity index (χ0n) is 10.4. The highest BCUT2D eigenvalue weighted by atomic mass is 32.2. The van der Waals surface area contributed by atoms with Gasteiger partial charge in [0.15, 0.2) is 0 Å². The van der Waals surface area contributed by atoms with Crippen molar-refractivity contribution >= 4 is 25.7 Å². The SMILES string of the molecule is NS(=O)(=O)c1ccc(NS(=O)(=O)c2cncc(F)c2)cc1. The van der Waals surface area contributed by atoms with Crippen LogP contribution in [0.1, 0.15) is 0 Å². The van der Waals surface area contributed by atoms with Gasteiger partial charge in [-0.05, 0) is 30.3 Å². The molecule has 0 unspecified atom stereocenters. The smallest absolute Gasteiger partial charge is 0.263 e. The summed E-state index contributed by atoms with van der Waals surface area (Å²) in [4.78, 5) is 2.94. The van der Waals surface area contributed by atoms with Crippen molar-refractivity contribution in [3.05, 3.63) is 48.5 Å². The van der Waals surface area contributed by atoms with Crippen molar-refractivity contribution in [1.82, 2.24) is 4.98 Å². The second kappa shape index (κ2) is 5.39. The minimum absolute atomic E-state index is 0.103. The van der Waals surface area contributed by atoms with Crippen molar-refractivity contribution in [1.29, 1.82) is 0 Å². The maximum absolute atomic E-state index is 13.0. The van der Waals surface area contributed by atoms with Gasteiger partial charge in [-0.3, -0.25) is 9.71 Å². The molecule has 112 valence electrons. The molecule has 7 nitrogen and oxygen atoms in total. The molecule has 0 amide bonds. The molecule has 0 spiro atoms. The number of hydrogen-bond acceptors (Lipinski definition) is 5. The van der Waals surface area contributed by atoms with Gasteiger partial charge in [-0.1, -0.05) is 0 Å². The molecule has 0 fully saturated rings. The Bertz CT molecular complexity index is 865. The lowest BCUT2D eigenvalue weighted by molar-refractivity contribution is 0.592. The van der Waals surface area contributed by atoms with E-state index in [9.17, 15) is 21.2 Å². The topological polar surface area (TPSA) is 119 Å². The van der Waals surface area contributed by atoms with Crippen LogP contribution in [-0.2, 0) is 20.0 Å². The molecular weight excluding hydrogens is 321 g/mol. The van der Waals surface area contributed by atoms with Crippen LogP contribution < -0.4 is 9.86 Å². The minimum Gasteiger partial charge on any atom is -0.280 e. The van der Waals surface area contributed by atoms with Gasteiger partial charge in [-0.2, -0.15) is 0 Å². The molecule has 0 saturated carbocycles. The van der Waals surface area contributed by atoms with E-state index in [1.54, 1.807) is 0 Å². The predicted molar refractivity (Wildman–Crippen MR) is 72.8 cm³/mol. The molecule has 0 atom stereocenters. The van der Waals surface area contributed by atoms with Crippen molar-refractivity contribution in [2.24, 2.45) is 5.14 Å². The first-order valence-corrected chi connectivity index (χ1v) is 8.48. The largest absolute Gasteiger partial charge is 0.280 e.